The molecule has 4 heteroatoms. The number of carbonyl (C=O) groups excluding carboxylic acids is 1. The Kier molecular flexibility index (Phi) is 2.14. The third kappa shape index (κ3) is 1.62. The van der Waals surface area contributed by atoms with Gasteiger partial charge < -0.3 is 5.32 Å². The minimum Gasteiger partial charge on any atom is -0.307 e. The number of aryl methyl sites for hydroxylation is 1. The number of ketones is 1. The molecule has 0 bridgehead atoms. The van der Waals surface area contributed by atoms with Crippen LogP contribution in [-0.4, -0.2) is 28.2 Å². The van der Waals surface area contributed by atoms with Crippen molar-refractivity contribution in [3.8, 4) is 0 Å². The van der Waals surface area contributed by atoms with Crippen molar-refractivity contribution in [1.82, 2.24) is 15.1 Å². The molecule has 13 heavy (non-hydrogen) atoms. The molecule has 0 amide bonds. The number of aromatic nitrogens is 2. The minimum absolute atomic E-state index is 0.00963. The molecule has 0 aromatic carbocycles. The number of hydrogen-bond donors (Lipinski definition) is 1. The predicted octanol–water partition coefficient (Wildman–Crippen LogP) is -0.106. The molecule has 1 aromatic rings. The number of nitrogens with one attached hydrogen (secondary N) is 1. The first-order chi connectivity index (χ1) is 6.27. The maximum Gasteiger partial charge on any atom is 0.151 e. The second kappa shape index (κ2) is 3.30. The van der Waals surface area contributed by atoms with Crippen molar-refractivity contribution in [2.75, 3.05) is 6.54 Å². The fourth-order valence-electron chi connectivity index (χ4n) is 1.65. The van der Waals surface area contributed by atoms with Crippen molar-refractivity contribution < 1.29 is 4.79 Å². The van der Waals surface area contributed by atoms with Crippen molar-refractivity contribution in [1.29, 1.82) is 0 Å². The van der Waals surface area contributed by atoms with Crippen molar-refractivity contribution in [3.05, 3.63) is 18.0 Å². The Balaban J connectivity index is 2.06. The third-order valence-corrected chi connectivity index (χ3v) is 2.49. The van der Waals surface area contributed by atoms with Gasteiger partial charge >= 0.3 is 0 Å². The topological polar surface area (TPSA) is 46.9 Å². The Hall–Kier alpha value is -1.16. The SMILES string of the molecule is Cn1nccc1CC1NCCC1=O. The van der Waals surface area contributed by atoms with Gasteiger partial charge in [-0.25, -0.2) is 0 Å². The zero-order chi connectivity index (χ0) is 9.26. The fraction of sp³-hybridized carbons (Fsp3) is 0.556. The summed E-state index contributed by atoms with van der Waals surface area (Å²) in [4.78, 5) is 11.3. The van der Waals surface area contributed by atoms with Gasteiger partial charge in [0.1, 0.15) is 0 Å². The van der Waals surface area contributed by atoms with E-state index in [0.29, 0.717) is 12.2 Å². The van der Waals surface area contributed by atoms with Crippen molar-refractivity contribution in [2.24, 2.45) is 7.05 Å². The number of nitrogens with zero attached hydrogens (tertiary/aromatic N) is 2. The van der Waals surface area contributed by atoms with Crippen LogP contribution in [0, 0.1) is 0 Å². The lowest BCUT2D eigenvalue weighted by atomic mass is 10.1. The van der Waals surface area contributed by atoms with E-state index in [1.807, 2.05) is 17.8 Å². The molecular formula is C9H13N3O. The van der Waals surface area contributed by atoms with E-state index in [4.69, 9.17) is 0 Å². The van der Waals surface area contributed by atoms with Crippen molar-refractivity contribution >= 4 is 5.78 Å². The van der Waals surface area contributed by atoms with Crippen LogP contribution in [0.25, 0.3) is 0 Å². The molecule has 1 aliphatic rings. The number of rotatable bonds is 2. The first-order valence-corrected chi connectivity index (χ1v) is 4.50. The summed E-state index contributed by atoms with van der Waals surface area (Å²) in [6, 6.07) is 1.96. The van der Waals surface area contributed by atoms with Gasteiger partial charge in [-0.2, -0.15) is 5.10 Å². The number of carbonyl (C=O) groups is 1. The van der Waals surface area contributed by atoms with E-state index >= 15 is 0 Å². The number of hydrogen-bond acceptors (Lipinski definition) is 3. The van der Waals surface area contributed by atoms with E-state index in [1.54, 1.807) is 6.20 Å². The van der Waals surface area contributed by atoms with Crippen LogP contribution in [0.15, 0.2) is 12.3 Å². The van der Waals surface area contributed by atoms with Crippen LogP contribution in [-0.2, 0) is 18.3 Å². The molecule has 1 aromatic heterocycles. The van der Waals surface area contributed by atoms with Crippen LogP contribution >= 0.6 is 0 Å². The average molecular weight is 179 g/mol. The normalized spacial score (nSPS) is 22.5. The summed E-state index contributed by atoms with van der Waals surface area (Å²) in [5, 5.41) is 7.24. The Morgan fingerprint density at radius 3 is 3.15 bits per heavy atom. The van der Waals surface area contributed by atoms with Crippen LogP contribution in [0.3, 0.4) is 0 Å². The molecule has 70 valence electrons. The van der Waals surface area contributed by atoms with Crippen molar-refractivity contribution in [2.45, 2.75) is 18.9 Å². The molecule has 1 unspecified atom stereocenters. The molecule has 1 saturated heterocycles. The van der Waals surface area contributed by atoms with Crippen molar-refractivity contribution in [3.63, 3.8) is 0 Å². The van der Waals surface area contributed by atoms with Crippen LogP contribution in [0.4, 0.5) is 0 Å². The summed E-state index contributed by atoms with van der Waals surface area (Å²) >= 11 is 0. The van der Waals surface area contributed by atoms with E-state index in [2.05, 4.69) is 10.4 Å². The summed E-state index contributed by atoms with van der Waals surface area (Å²) in [5.41, 5.74) is 1.10. The Morgan fingerprint density at radius 1 is 1.77 bits per heavy atom. The van der Waals surface area contributed by atoms with E-state index < -0.39 is 0 Å². The maximum atomic E-state index is 11.3. The predicted molar refractivity (Wildman–Crippen MR) is 48.3 cm³/mol. The monoisotopic (exact) mass is 179 g/mol. The average Bonchev–Trinajstić information content (AvgIpc) is 2.65. The highest BCUT2D eigenvalue weighted by molar-refractivity contribution is 5.86. The molecule has 1 atom stereocenters. The zero-order valence-electron chi connectivity index (χ0n) is 7.66. The number of Topliss-reactive ketones (excluding diaryl/α,β-unsaturated/α-hetero) is 1. The summed E-state index contributed by atoms with van der Waals surface area (Å²) < 4.78 is 1.81. The van der Waals surface area contributed by atoms with Crippen LogP contribution in [0.5, 0.6) is 0 Å². The molecule has 1 N–H and O–H groups in total. The second-order valence-electron chi connectivity index (χ2n) is 3.37. The lowest BCUT2D eigenvalue weighted by molar-refractivity contribution is -0.118. The fourth-order valence-corrected chi connectivity index (χ4v) is 1.65. The lowest BCUT2D eigenvalue weighted by Gasteiger charge is -2.08. The van der Waals surface area contributed by atoms with Gasteiger partial charge in [-0.3, -0.25) is 9.48 Å². The molecule has 2 heterocycles. The molecular weight excluding hydrogens is 166 g/mol. The summed E-state index contributed by atoms with van der Waals surface area (Å²) in [6.45, 7) is 0.821. The summed E-state index contributed by atoms with van der Waals surface area (Å²) in [6.07, 6.45) is 3.19. The zero-order valence-corrected chi connectivity index (χ0v) is 7.66. The van der Waals surface area contributed by atoms with Gasteiger partial charge in [-0.05, 0) is 6.07 Å². The summed E-state index contributed by atoms with van der Waals surface area (Å²) in [7, 11) is 1.90. The van der Waals surface area contributed by atoms with Gasteiger partial charge in [-0.15, -0.1) is 0 Å². The molecule has 1 fully saturated rings. The van der Waals surface area contributed by atoms with E-state index in [-0.39, 0.29) is 6.04 Å². The Labute approximate surface area is 76.9 Å². The Bertz CT molecular complexity index is 318. The molecule has 2 rings (SSSR count). The van der Waals surface area contributed by atoms with Crippen LogP contribution < -0.4 is 5.32 Å². The quantitative estimate of drug-likeness (QED) is 0.689. The highest BCUT2D eigenvalue weighted by atomic mass is 16.1. The van der Waals surface area contributed by atoms with E-state index in [1.165, 1.54) is 0 Å². The molecule has 4 nitrogen and oxygen atoms in total. The maximum absolute atomic E-state index is 11.3. The smallest absolute Gasteiger partial charge is 0.151 e. The molecule has 0 radical (unpaired) electrons. The van der Waals surface area contributed by atoms with E-state index in [0.717, 1.165) is 18.7 Å². The Morgan fingerprint density at radius 2 is 2.62 bits per heavy atom. The highest BCUT2D eigenvalue weighted by Gasteiger charge is 2.24. The molecule has 0 spiro atoms. The van der Waals surface area contributed by atoms with Crippen LogP contribution in [0.1, 0.15) is 12.1 Å². The first kappa shape index (κ1) is 8.44. The van der Waals surface area contributed by atoms with Crippen LogP contribution in [0.2, 0.25) is 0 Å². The summed E-state index contributed by atoms with van der Waals surface area (Å²) in [5.74, 6) is 0.321. The standard InChI is InChI=1S/C9H13N3O/c1-12-7(2-5-11-12)6-8-9(13)3-4-10-8/h2,5,8,10H,3-4,6H2,1H3. The van der Waals surface area contributed by atoms with Gasteiger partial charge in [0.2, 0.25) is 0 Å². The van der Waals surface area contributed by atoms with Gasteiger partial charge in [0.25, 0.3) is 0 Å². The van der Waals surface area contributed by atoms with Gasteiger partial charge in [0.15, 0.2) is 5.78 Å². The van der Waals surface area contributed by atoms with E-state index in [9.17, 15) is 4.79 Å². The van der Waals surface area contributed by atoms with Gasteiger partial charge in [0.05, 0.1) is 6.04 Å². The third-order valence-electron chi connectivity index (χ3n) is 2.49. The van der Waals surface area contributed by atoms with Gasteiger partial charge in [0, 0.05) is 38.3 Å². The van der Waals surface area contributed by atoms with Gasteiger partial charge in [-0.1, -0.05) is 0 Å². The second-order valence-corrected chi connectivity index (χ2v) is 3.37. The molecule has 0 saturated carbocycles. The molecule has 0 aliphatic carbocycles. The minimum atomic E-state index is 0.00963. The highest BCUT2D eigenvalue weighted by Crippen LogP contribution is 2.07. The molecule has 1 aliphatic heterocycles. The lowest BCUT2D eigenvalue weighted by Crippen LogP contribution is -2.30. The largest absolute Gasteiger partial charge is 0.307 e. The first-order valence-electron chi connectivity index (χ1n) is 4.50.